The molecular weight excluding hydrogens is 434 g/mol. The summed E-state index contributed by atoms with van der Waals surface area (Å²) in [4.78, 5) is 27.2. The molecule has 8 nitrogen and oxygen atoms in total. The van der Waals surface area contributed by atoms with Crippen LogP contribution in [0.2, 0.25) is 18.1 Å². The summed E-state index contributed by atoms with van der Waals surface area (Å²) in [6.45, 7) is 13.9. The normalized spacial score (nSPS) is 13.3. The third kappa shape index (κ3) is 5.91. The summed E-state index contributed by atoms with van der Waals surface area (Å²) in [6, 6.07) is 7.96. The lowest BCUT2D eigenvalue weighted by Crippen LogP contribution is -2.42. The molecule has 3 N–H and O–H groups in total. The number of fused-ring (bicyclic) bond motifs is 1. The van der Waals surface area contributed by atoms with Crippen LogP contribution < -0.4 is 11.1 Å². The Bertz CT molecular complexity index is 1140. The minimum atomic E-state index is -1.95. The number of nitrogens with two attached hydrogens (primary N) is 1. The second kappa shape index (κ2) is 9.52. The highest BCUT2D eigenvalue weighted by Gasteiger charge is 2.37. The van der Waals surface area contributed by atoms with E-state index in [0.29, 0.717) is 6.61 Å². The first kappa shape index (κ1) is 24.7. The van der Waals surface area contributed by atoms with Crippen LogP contribution in [0, 0.1) is 0 Å². The maximum atomic E-state index is 11.6. The number of carbonyl (C=O) groups excluding carboxylic acids is 2. The Morgan fingerprint density at radius 3 is 2.58 bits per heavy atom. The number of primary amides is 1. The first-order valence-corrected chi connectivity index (χ1v) is 14.1. The molecule has 0 radical (unpaired) electrons. The number of aryl methyl sites for hydroxylation is 1. The first-order valence-electron chi connectivity index (χ1n) is 11.2. The third-order valence-corrected chi connectivity index (χ3v) is 11.0. The Hall–Kier alpha value is -2.91. The number of aromatic nitrogens is 3. The van der Waals surface area contributed by atoms with E-state index in [2.05, 4.69) is 61.0 Å². The fraction of sp³-hybridized carbons (Fsp3) is 0.458. The molecule has 0 saturated heterocycles. The van der Waals surface area contributed by atoms with Crippen molar-refractivity contribution >= 4 is 36.7 Å². The third-order valence-electron chi connectivity index (χ3n) is 6.52. The van der Waals surface area contributed by atoms with Crippen molar-refractivity contribution in [3.8, 4) is 0 Å². The molecule has 0 fully saturated rings. The molecule has 1 atom stereocenters. The molecule has 3 aromatic rings. The van der Waals surface area contributed by atoms with Crippen LogP contribution >= 0.6 is 0 Å². The Morgan fingerprint density at radius 1 is 1.24 bits per heavy atom. The molecule has 0 unspecified atom stereocenters. The van der Waals surface area contributed by atoms with E-state index in [1.165, 1.54) is 6.92 Å². The number of nitrogens with zero attached hydrogens (tertiary/aromatic N) is 3. The second-order valence-electron chi connectivity index (χ2n) is 10.0. The summed E-state index contributed by atoms with van der Waals surface area (Å²) in [5.74, 6) is -0.639. The first-order chi connectivity index (χ1) is 15.4. The minimum Gasteiger partial charge on any atom is -0.415 e. The molecule has 0 spiro atoms. The summed E-state index contributed by atoms with van der Waals surface area (Å²) in [7, 11) is -1.95. The molecule has 178 valence electrons. The largest absolute Gasteiger partial charge is 0.415 e. The molecular formula is C24H35N5O3Si. The van der Waals surface area contributed by atoms with Crippen molar-refractivity contribution in [3.63, 3.8) is 0 Å². The zero-order valence-electron chi connectivity index (χ0n) is 20.4. The van der Waals surface area contributed by atoms with Gasteiger partial charge in [-0.3, -0.25) is 9.59 Å². The molecule has 0 bridgehead atoms. The fourth-order valence-corrected chi connectivity index (χ4v) is 4.49. The van der Waals surface area contributed by atoms with E-state index < -0.39 is 14.2 Å². The Kier molecular flexibility index (Phi) is 7.13. The molecule has 33 heavy (non-hydrogen) atoms. The van der Waals surface area contributed by atoms with Crippen molar-refractivity contribution in [2.45, 2.75) is 64.8 Å². The van der Waals surface area contributed by atoms with Crippen LogP contribution in [0.3, 0.4) is 0 Å². The van der Waals surface area contributed by atoms with Crippen molar-refractivity contribution in [2.24, 2.45) is 5.73 Å². The van der Waals surface area contributed by atoms with Gasteiger partial charge >= 0.3 is 0 Å². The number of hydrogen-bond donors (Lipinski definition) is 2. The lowest BCUT2D eigenvalue weighted by Gasteiger charge is -2.37. The average Bonchev–Trinajstić information content (AvgIpc) is 3.34. The molecule has 9 heteroatoms. The summed E-state index contributed by atoms with van der Waals surface area (Å²) in [5, 5.41) is 4.05. The number of carbonyl (C=O) groups is 2. The Balaban J connectivity index is 1.82. The summed E-state index contributed by atoms with van der Waals surface area (Å²) >= 11 is 0. The van der Waals surface area contributed by atoms with E-state index in [4.69, 9.17) is 10.2 Å². The van der Waals surface area contributed by atoms with Gasteiger partial charge in [0.1, 0.15) is 5.69 Å². The molecule has 1 aromatic carbocycles. The molecule has 2 amide bonds. The van der Waals surface area contributed by atoms with Crippen molar-refractivity contribution in [1.29, 1.82) is 0 Å². The monoisotopic (exact) mass is 469 g/mol. The van der Waals surface area contributed by atoms with Gasteiger partial charge in [0.05, 0.1) is 24.5 Å². The minimum absolute atomic E-state index is 0.00398. The standard InChI is InChI=1S/C24H35N5O3Si/c1-17(30)27-19-8-7-18-9-11-28(22(18)13-19)12-10-20(15-32-33(5,6)24(2,3)4)29-14-21(23(25)31)26-16-29/h7-9,11,13-14,16,20H,10,12,15H2,1-6H3,(H2,25,31)(H,27,30)/t20-/m1/s1. The van der Waals surface area contributed by atoms with Crippen molar-refractivity contribution in [2.75, 3.05) is 11.9 Å². The molecule has 0 aliphatic heterocycles. The van der Waals surface area contributed by atoms with E-state index in [9.17, 15) is 9.59 Å². The summed E-state index contributed by atoms with van der Waals surface area (Å²) in [5.41, 5.74) is 7.49. The van der Waals surface area contributed by atoms with Gasteiger partial charge in [0.25, 0.3) is 5.91 Å². The SMILES string of the molecule is CC(=O)Nc1ccc2ccn(CC[C@H](CO[Si](C)(C)C(C)(C)C)n3cnc(C(N)=O)c3)c2c1. The highest BCUT2D eigenvalue weighted by molar-refractivity contribution is 6.74. The van der Waals surface area contributed by atoms with Gasteiger partial charge in [-0.05, 0) is 48.1 Å². The number of nitrogens with one attached hydrogen (secondary N) is 1. The van der Waals surface area contributed by atoms with Crippen LogP contribution in [-0.2, 0) is 15.8 Å². The number of amides is 2. The number of benzene rings is 1. The van der Waals surface area contributed by atoms with E-state index >= 15 is 0 Å². The van der Waals surface area contributed by atoms with Crippen LogP contribution in [0.25, 0.3) is 10.9 Å². The lowest BCUT2D eigenvalue weighted by molar-refractivity contribution is -0.114. The zero-order chi connectivity index (χ0) is 24.4. The van der Waals surface area contributed by atoms with Crippen molar-refractivity contribution in [1.82, 2.24) is 14.1 Å². The highest BCUT2D eigenvalue weighted by Crippen LogP contribution is 2.37. The summed E-state index contributed by atoms with van der Waals surface area (Å²) < 4.78 is 10.6. The molecule has 2 heterocycles. The van der Waals surface area contributed by atoms with Gasteiger partial charge in [-0.2, -0.15) is 0 Å². The van der Waals surface area contributed by atoms with Gasteiger partial charge in [0.2, 0.25) is 5.91 Å². The Morgan fingerprint density at radius 2 is 1.97 bits per heavy atom. The zero-order valence-corrected chi connectivity index (χ0v) is 21.4. The number of hydrogen-bond acceptors (Lipinski definition) is 4. The van der Waals surface area contributed by atoms with Crippen LogP contribution in [0.4, 0.5) is 5.69 Å². The van der Waals surface area contributed by atoms with E-state index in [-0.39, 0.29) is 22.7 Å². The molecule has 0 saturated carbocycles. The van der Waals surface area contributed by atoms with Gasteiger partial charge in [-0.15, -0.1) is 0 Å². The van der Waals surface area contributed by atoms with Crippen LogP contribution in [0.1, 0.15) is 50.6 Å². The quantitative estimate of drug-likeness (QED) is 0.449. The van der Waals surface area contributed by atoms with Crippen LogP contribution in [0.5, 0.6) is 0 Å². The number of rotatable bonds is 9. The maximum Gasteiger partial charge on any atom is 0.268 e. The number of anilines is 1. The van der Waals surface area contributed by atoms with Gasteiger partial charge < -0.3 is 24.6 Å². The van der Waals surface area contributed by atoms with E-state index in [1.54, 1.807) is 12.5 Å². The van der Waals surface area contributed by atoms with Gasteiger partial charge in [0.15, 0.2) is 8.32 Å². The van der Waals surface area contributed by atoms with Crippen molar-refractivity contribution in [3.05, 3.63) is 48.7 Å². The van der Waals surface area contributed by atoms with Gasteiger partial charge in [-0.25, -0.2) is 4.98 Å². The predicted molar refractivity (Wildman–Crippen MR) is 134 cm³/mol. The molecule has 2 aromatic heterocycles. The Labute approximate surface area is 196 Å². The lowest BCUT2D eigenvalue weighted by atomic mass is 10.2. The number of imidazole rings is 1. The summed E-state index contributed by atoms with van der Waals surface area (Å²) in [6.07, 6.45) is 6.18. The molecule has 0 aliphatic rings. The van der Waals surface area contributed by atoms with E-state index in [1.807, 2.05) is 22.8 Å². The van der Waals surface area contributed by atoms with Gasteiger partial charge in [0, 0.05) is 31.5 Å². The fourth-order valence-electron chi connectivity index (χ4n) is 3.45. The maximum absolute atomic E-state index is 11.6. The predicted octanol–water partition coefficient (Wildman–Crippen LogP) is 4.55. The van der Waals surface area contributed by atoms with Crippen LogP contribution in [-0.4, -0.2) is 40.9 Å². The topological polar surface area (TPSA) is 104 Å². The van der Waals surface area contributed by atoms with E-state index in [0.717, 1.165) is 29.6 Å². The molecule has 0 aliphatic carbocycles. The smallest absolute Gasteiger partial charge is 0.268 e. The average molecular weight is 470 g/mol. The second-order valence-corrected chi connectivity index (χ2v) is 14.9. The van der Waals surface area contributed by atoms with Gasteiger partial charge in [-0.1, -0.05) is 26.8 Å². The molecule has 3 rings (SSSR count). The van der Waals surface area contributed by atoms with Crippen molar-refractivity contribution < 1.29 is 14.0 Å². The van der Waals surface area contributed by atoms with Crippen LogP contribution in [0.15, 0.2) is 43.0 Å². The highest BCUT2D eigenvalue weighted by atomic mass is 28.4.